The highest BCUT2D eigenvalue weighted by Gasteiger charge is 2.32. The van der Waals surface area contributed by atoms with Crippen LogP contribution in [0.1, 0.15) is 33.2 Å². The molecule has 0 aromatic carbocycles. The number of hydrogen-bond acceptors (Lipinski definition) is 4. The monoisotopic (exact) mass is 266 g/mol. The van der Waals surface area contributed by atoms with Crippen molar-refractivity contribution in [1.82, 2.24) is 14.5 Å². The number of hydrogen-bond donors (Lipinski definition) is 1. The van der Waals surface area contributed by atoms with Crippen molar-refractivity contribution in [3.05, 3.63) is 18.7 Å². The van der Waals surface area contributed by atoms with Crippen molar-refractivity contribution in [2.75, 3.05) is 13.1 Å². The van der Waals surface area contributed by atoms with Crippen LogP contribution in [0.3, 0.4) is 0 Å². The van der Waals surface area contributed by atoms with E-state index in [4.69, 9.17) is 10.5 Å². The van der Waals surface area contributed by atoms with E-state index in [-0.39, 0.29) is 18.2 Å². The van der Waals surface area contributed by atoms with Gasteiger partial charge in [-0.25, -0.2) is 9.78 Å². The average molecular weight is 266 g/mol. The molecule has 2 rings (SSSR count). The minimum absolute atomic E-state index is 0.0351. The third-order valence-corrected chi connectivity index (χ3v) is 3.19. The van der Waals surface area contributed by atoms with Gasteiger partial charge in [-0.2, -0.15) is 0 Å². The lowest BCUT2D eigenvalue weighted by molar-refractivity contribution is 0.0156. The molecule has 0 aliphatic carbocycles. The second kappa shape index (κ2) is 5.21. The molecule has 1 amide bonds. The van der Waals surface area contributed by atoms with Gasteiger partial charge in [-0.3, -0.25) is 0 Å². The van der Waals surface area contributed by atoms with Crippen molar-refractivity contribution in [3.63, 3.8) is 0 Å². The van der Waals surface area contributed by atoms with Crippen LogP contribution in [0.2, 0.25) is 0 Å². The van der Waals surface area contributed by atoms with Crippen molar-refractivity contribution in [1.29, 1.82) is 0 Å². The van der Waals surface area contributed by atoms with Crippen LogP contribution in [0, 0.1) is 0 Å². The molecular formula is C13H22N4O2. The van der Waals surface area contributed by atoms with E-state index in [1.807, 2.05) is 31.5 Å². The summed E-state index contributed by atoms with van der Waals surface area (Å²) in [6.45, 7) is 6.81. The Balaban J connectivity index is 2.03. The molecule has 6 heteroatoms. The summed E-state index contributed by atoms with van der Waals surface area (Å²) >= 11 is 0. The van der Waals surface area contributed by atoms with Gasteiger partial charge in [0.05, 0.1) is 12.4 Å². The zero-order valence-corrected chi connectivity index (χ0v) is 11.7. The van der Waals surface area contributed by atoms with Crippen molar-refractivity contribution in [2.24, 2.45) is 5.73 Å². The molecule has 2 atom stereocenters. The summed E-state index contributed by atoms with van der Waals surface area (Å²) in [7, 11) is 0. The molecule has 1 aliphatic heterocycles. The van der Waals surface area contributed by atoms with E-state index in [1.165, 1.54) is 0 Å². The fraction of sp³-hybridized carbons (Fsp3) is 0.692. The lowest BCUT2D eigenvalue weighted by Gasteiger charge is -2.37. The first-order chi connectivity index (χ1) is 8.87. The first-order valence-corrected chi connectivity index (χ1v) is 6.58. The van der Waals surface area contributed by atoms with E-state index in [0.29, 0.717) is 13.1 Å². The fourth-order valence-electron chi connectivity index (χ4n) is 2.22. The van der Waals surface area contributed by atoms with Gasteiger partial charge < -0.3 is 19.9 Å². The van der Waals surface area contributed by atoms with Gasteiger partial charge in [0.25, 0.3) is 0 Å². The van der Waals surface area contributed by atoms with E-state index < -0.39 is 5.60 Å². The van der Waals surface area contributed by atoms with E-state index >= 15 is 0 Å². The smallest absolute Gasteiger partial charge is 0.410 e. The molecule has 6 nitrogen and oxygen atoms in total. The number of rotatable bonds is 1. The summed E-state index contributed by atoms with van der Waals surface area (Å²) < 4.78 is 7.36. The van der Waals surface area contributed by atoms with Gasteiger partial charge >= 0.3 is 6.09 Å². The molecule has 19 heavy (non-hydrogen) atoms. The van der Waals surface area contributed by atoms with Crippen molar-refractivity contribution >= 4 is 6.09 Å². The summed E-state index contributed by atoms with van der Waals surface area (Å²) in [5.41, 5.74) is 5.66. The van der Waals surface area contributed by atoms with Gasteiger partial charge in [0.2, 0.25) is 0 Å². The molecule has 1 saturated heterocycles. The fourth-order valence-corrected chi connectivity index (χ4v) is 2.22. The van der Waals surface area contributed by atoms with E-state index in [1.54, 1.807) is 17.4 Å². The number of likely N-dealkylation sites (tertiary alicyclic amines) is 1. The Kier molecular flexibility index (Phi) is 3.80. The second-order valence-corrected chi connectivity index (χ2v) is 5.96. The maximum atomic E-state index is 12.1. The van der Waals surface area contributed by atoms with E-state index in [2.05, 4.69) is 4.98 Å². The van der Waals surface area contributed by atoms with Crippen LogP contribution in [0.4, 0.5) is 4.79 Å². The van der Waals surface area contributed by atoms with Crippen LogP contribution in [0.5, 0.6) is 0 Å². The van der Waals surface area contributed by atoms with E-state index in [9.17, 15) is 4.79 Å². The number of carbonyl (C=O) groups excluding carboxylic acids is 1. The number of aromatic nitrogens is 2. The second-order valence-electron chi connectivity index (χ2n) is 5.96. The summed E-state index contributed by atoms with van der Waals surface area (Å²) in [5, 5.41) is 0. The highest BCUT2D eigenvalue weighted by Crippen LogP contribution is 2.22. The first kappa shape index (κ1) is 13.9. The highest BCUT2D eigenvalue weighted by molar-refractivity contribution is 5.68. The minimum Gasteiger partial charge on any atom is -0.444 e. The molecule has 1 aromatic heterocycles. The van der Waals surface area contributed by atoms with Gasteiger partial charge in [0.15, 0.2) is 0 Å². The number of amides is 1. The number of ether oxygens (including phenoxy) is 1. The number of nitrogens with zero attached hydrogens (tertiary/aromatic N) is 3. The van der Waals surface area contributed by atoms with Gasteiger partial charge in [0.1, 0.15) is 5.60 Å². The van der Waals surface area contributed by atoms with Gasteiger partial charge in [0, 0.05) is 31.5 Å². The standard InChI is InChI=1S/C13H22N4O2/c1-13(2,3)19-12(18)16-6-4-10(14)11(8-16)17-7-5-15-9-17/h5,7,9-11H,4,6,8,14H2,1-3H3/t10-,11+/m1/s1. The summed E-state index contributed by atoms with van der Waals surface area (Å²) in [6, 6.07) is 0.0941. The molecule has 2 N–H and O–H groups in total. The maximum Gasteiger partial charge on any atom is 0.410 e. The lowest BCUT2D eigenvalue weighted by atomic mass is 10.0. The average Bonchev–Trinajstić information content (AvgIpc) is 2.80. The molecule has 106 valence electrons. The minimum atomic E-state index is -0.471. The van der Waals surface area contributed by atoms with Crippen LogP contribution in [-0.4, -0.2) is 45.3 Å². The number of nitrogens with two attached hydrogens (primary N) is 1. The number of imidazole rings is 1. The molecule has 0 bridgehead atoms. The zero-order valence-electron chi connectivity index (χ0n) is 11.7. The Hall–Kier alpha value is -1.56. The van der Waals surface area contributed by atoms with Crippen molar-refractivity contribution in [3.8, 4) is 0 Å². The quantitative estimate of drug-likeness (QED) is 0.833. The van der Waals surface area contributed by atoms with Crippen LogP contribution in [-0.2, 0) is 4.74 Å². The Morgan fingerprint density at radius 3 is 2.79 bits per heavy atom. The van der Waals surface area contributed by atoms with Gasteiger partial charge in [-0.1, -0.05) is 0 Å². The maximum absolute atomic E-state index is 12.1. The third-order valence-electron chi connectivity index (χ3n) is 3.19. The van der Waals surface area contributed by atoms with Gasteiger partial charge in [-0.05, 0) is 27.2 Å². The van der Waals surface area contributed by atoms with Crippen LogP contribution in [0.25, 0.3) is 0 Å². The Bertz CT molecular complexity index is 424. The third kappa shape index (κ3) is 3.47. The molecule has 1 fully saturated rings. The molecule has 1 aromatic rings. The summed E-state index contributed by atoms with van der Waals surface area (Å²) in [4.78, 5) is 17.8. The highest BCUT2D eigenvalue weighted by atomic mass is 16.6. The normalized spacial score (nSPS) is 24.3. The molecule has 0 saturated carbocycles. The largest absolute Gasteiger partial charge is 0.444 e. The SMILES string of the molecule is CC(C)(C)OC(=O)N1CC[C@@H](N)[C@@H](n2ccnc2)C1. The van der Waals surface area contributed by atoms with Crippen molar-refractivity contribution < 1.29 is 9.53 Å². The predicted octanol–water partition coefficient (Wildman–Crippen LogP) is 1.39. The van der Waals surface area contributed by atoms with Crippen LogP contribution in [0.15, 0.2) is 18.7 Å². The van der Waals surface area contributed by atoms with Crippen molar-refractivity contribution in [2.45, 2.75) is 44.9 Å². The predicted molar refractivity (Wildman–Crippen MR) is 71.7 cm³/mol. The first-order valence-electron chi connectivity index (χ1n) is 6.58. The van der Waals surface area contributed by atoms with Crippen LogP contribution >= 0.6 is 0 Å². The molecule has 2 heterocycles. The summed E-state index contributed by atoms with van der Waals surface area (Å²) in [6.07, 6.45) is 5.83. The lowest BCUT2D eigenvalue weighted by Crippen LogP contribution is -2.50. The Morgan fingerprint density at radius 1 is 1.47 bits per heavy atom. The molecule has 0 spiro atoms. The molecule has 0 unspecified atom stereocenters. The summed E-state index contributed by atoms with van der Waals surface area (Å²) in [5.74, 6) is 0. The van der Waals surface area contributed by atoms with Gasteiger partial charge in [-0.15, -0.1) is 0 Å². The molecule has 0 radical (unpaired) electrons. The number of carbonyl (C=O) groups is 1. The van der Waals surface area contributed by atoms with E-state index in [0.717, 1.165) is 6.42 Å². The topological polar surface area (TPSA) is 73.4 Å². The molecular weight excluding hydrogens is 244 g/mol. The Morgan fingerprint density at radius 2 is 2.21 bits per heavy atom. The zero-order chi connectivity index (χ0) is 14.0. The number of piperidine rings is 1. The Labute approximate surface area is 113 Å². The molecule has 1 aliphatic rings. The van der Waals surface area contributed by atoms with Crippen LogP contribution < -0.4 is 5.73 Å².